The summed E-state index contributed by atoms with van der Waals surface area (Å²) in [6.07, 6.45) is 2.82. The van der Waals surface area contributed by atoms with Crippen LogP contribution in [-0.2, 0) is 0 Å². The highest BCUT2D eigenvalue weighted by atomic mass is 79.9. The summed E-state index contributed by atoms with van der Waals surface area (Å²) >= 11 is 3.31. The number of rotatable bonds is 4. The summed E-state index contributed by atoms with van der Waals surface area (Å²) in [5.41, 5.74) is 1.77. The molecule has 0 aliphatic rings. The smallest absolute Gasteiger partial charge is 0.187 e. The Kier molecular flexibility index (Phi) is 4.69. The molecule has 0 aromatic heterocycles. The number of hydrogen-bond acceptors (Lipinski definition) is 2. The molecule has 0 radical (unpaired) electrons. The minimum Gasteiger partial charge on any atom is -0.359 e. The van der Waals surface area contributed by atoms with E-state index < -0.39 is 0 Å². The van der Waals surface area contributed by atoms with Crippen LogP contribution < -0.4 is 5.32 Å². The molecule has 0 spiro atoms. The van der Waals surface area contributed by atoms with Crippen LogP contribution in [0, 0.1) is 12.7 Å². The van der Waals surface area contributed by atoms with Gasteiger partial charge in [-0.3, -0.25) is 4.79 Å². The SMILES string of the molecule is Cc1ccc(N/C=C/C(=O)c2ccc(Br)cc2)c(F)c1. The van der Waals surface area contributed by atoms with E-state index in [9.17, 15) is 9.18 Å². The van der Waals surface area contributed by atoms with Gasteiger partial charge in [-0.25, -0.2) is 4.39 Å². The van der Waals surface area contributed by atoms with E-state index in [-0.39, 0.29) is 11.6 Å². The fourth-order valence-corrected chi connectivity index (χ4v) is 1.92. The first kappa shape index (κ1) is 14.5. The van der Waals surface area contributed by atoms with Crippen LogP contribution in [0.15, 0.2) is 59.2 Å². The van der Waals surface area contributed by atoms with E-state index in [0.29, 0.717) is 11.3 Å². The van der Waals surface area contributed by atoms with E-state index in [1.807, 2.05) is 6.92 Å². The largest absolute Gasteiger partial charge is 0.359 e. The predicted octanol–water partition coefficient (Wildman–Crippen LogP) is 4.71. The number of anilines is 1. The molecule has 0 atom stereocenters. The zero-order valence-corrected chi connectivity index (χ0v) is 12.4. The molecular formula is C16H13BrFNO. The Morgan fingerprint density at radius 1 is 1.20 bits per heavy atom. The Hall–Kier alpha value is -1.94. The van der Waals surface area contributed by atoms with Crippen molar-refractivity contribution in [2.45, 2.75) is 6.92 Å². The van der Waals surface area contributed by atoms with Gasteiger partial charge in [0, 0.05) is 22.3 Å². The van der Waals surface area contributed by atoms with Crippen LogP contribution in [0.4, 0.5) is 10.1 Å². The van der Waals surface area contributed by atoms with Gasteiger partial charge in [0.1, 0.15) is 5.82 Å². The number of ketones is 1. The van der Waals surface area contributed by atoms with Gasteiger partial charge in [0.25, 0.3) is 0 Å². The third-order valence-corrected chi connectivity index (χ3v) is 3.26. The van der Waals surface area contributed by atoms with Crippen LogP contribution in [0.2, 0.25) is 0 Å². The first-order valence-corrected chi connectivity index (χ1v) is 6.85. The Morgan fingerprint density at radius 3 is 2.55 bits per heavy atom. The topological polar surface area (TPSA) is 29.1 Å². The van der Waals surface area contributed by atoms with E-state index in [0.717, 1.165) is 10.0 Å². The molecule has 0 aliphatic heterocycles. The lowest BCUT2D eigenvalue weighted by molar-refractivity contribution is 0.104. The van der Waals surface area contributed by atoms with Gasteiger partial charge in [0.15, 0.2) is 5.78 Å². The molecule has 2 nitrogen and oxygen atoms in total. The van der Waals surface area contributed by atoms with Crippen LogP contribution >= 0.6 is 15.9 Å². The van der Waals surface area contributed by atoms with E-state index >= 15 is 0 Å². The predicted molar refractivity (Wildman–Crippen MR) is 82.4 cm³/mol. The maximum Gasteiger partial charge on any atom is 0.187 e. The van der Waals surface area contributed by atoms with Gasteiger partial charge < -0.3 is 5.32 Å². The van der Waals surface area contributed by atoms with Gasteiger partial charge in [-0.15, -0.1) is 0 Å². The summed E-state index contributed by atoms with van der Waals surface area (Å²) in [7, 11) is 0. The highest BCUT2D eigenvalue weighted by Crippen LogP contribution is 2.15. The quantitative estimate of drug-likeness (QED) is 0.648. The average molecular weight is 334 g/mol. The van der Waals surface area contributed by atoms with Crippen molar-refractivity contribution < 1.29 is 9.18 Å². The number of allylic oxidation sites excluding steroid dienone is 1. The number of carbonyl (C=O) groups excluding carboxylic acids is 1. The second-order valence-electron chi connectivity index (χ2n) is 4.33. The molecule has 2 aromatic rings. The standard InChI is InChI=1S/C16H13BrFNO/c1-11-2-7-15(14(18)10-11)19-9-8-16(20)12-3-5-13(17)6-4-12/h2-10,19H,1H3/b9-8+. The van der Waals surface area contributed by atoms with Crippen molar-refractivity contribution in [3.63, 3.8) is 0 Å². The zero-order chi connectivity index (χ0) is 14.5. The van der Waals surface area contributed by atoms with Crippen LogP contribution in [0.5, 0.6) is 0 Å². The molecule has 0 amide bonds. The molecule has 0 saturated carbocycles. The van der Waals surface area contributed by atoms with Crippen LogP contribution in [0.1, 0.15) is 15.9 Å². The van der Waals surface area contributed by atoms with E-state index in [1.165, 1.54) is 18.3 Å². The van der Waals surface area contributed by atoms with E-state index in [2.05, 4.69) is 21.2 Å². The number of benzene rings is 2. The van der Waals surface area contributed by atoms with Gasteiger partial charge in [0.2, 0.25) is 0 Å². The van der Waals surface area contributed by atoms with Crippen molar-refractivity contribution in [1.82, 2.24) is 0 Å². The second-order valence-corrected chi connectivity index (χ2v) is 5.25. The number of aryl methyl sites for hydroxylation is 1. The molecule has 4 heteroatoms. The normalized spacial score (nSPS) is 10.8. The molecule has 0 unspecified atom stereocenters. The average Bonchev–Trinajstić information content (AvgIpc) is 2.42. The Balaban J connectivity index is 2.02. The highest BCUT2D eigenvalue weighted by molar-refractivity contribution is 9.10. The van der Waals surface area contributed by atoms with Crippen molar-refractivity contribution in [1.29, 1.82) is 0 Å². The van der Waals surface area contributed by atoms with Gasteiger partial charge >= 0.3 is 0 Å². The summed E-state index contributed by atoms with van der Waals surface area (Å²) in [6.45, 7) is 1.82. The molecule has 20 heavy (non-hydrogen) atoms. The van der Waals surface area contributed by atoms with Gasteiger partial charge in [-0.05, 0) is 48.9 Å². The Bertz CT molecular complexity index is 650. The summed E-state index contributed by atoms with van der Waals surface area (Å²) in [6, 6.07) is 11.9. The lowest BCUT2D eigenvalue weighted by Crippen LogP contribution is -1.97. The molecule has 102 valence electrons. The van der Waals surface area contributed by atoms with Crippen molar-refractivity contribution in [3.8, 4) is 0 Å². The molecule has 0 saturated heterocycles. The molecule has 0 aliphatic carbocycles. The third kappa shape index (κ3) is 3.78. The lowest BCUT2D eigenvalue weighted by Gasteiger charge is -2.03. The summed E-state index contributed by atoms with van der Waals surface area (Å²) in [4.78, 5) is 11.8. The first-order valence-electron chi connectivity index (χ1n) is 6.05. The molecule has 2 aromatic carbocycles. The molecular weight excluding hydrogens is 321 g/mol. The van der Waals surface area contributed by atoms with Crippen molar-refractivity contribution in [3.05, 3.63) is 76.2 Å². The van der Waals surface area contributed by atoms with Crippen molar-refractivity contribution in [2.75, 3.05) is 5.32 Å². The lowest BCUT2D eigenvalue weighted by atomic mass is 10.1. The molecule has 0 heterocycles. The molecule has 2 rings (SSSR count). The van der Waals surface area contributed by atoms with Crippen LogP contribution in [0.3, 0.4) is 0 Å². The second kappa shape index (κ2) is 6.48. The molecule has 0 bridgehead atoms. The van der Waals surface area contributed by atoms with Crippen molar-refractivity contribution >= 4 is 27.4 Å². The monoisotopic (exact) mass is 333 g/mol. The van der Waals surface area contributed by atoms with Gasteiger partial charge in [0.05, 0.1) is 5.69 Å². The summed E-state index contributed by atoms with van der Waals surface area (Å²) < 4.78 is 14.5. The fourth-order valence-electron chi connectivity index (χ4n) is 1.65. The minimum absolute atomic E-state index is 0.141. The highest BCUT2D eigenvalue weighted by Gasteiger charge is 2.02. The zero-order valence-electron chi connectivity index (χ0n) is 10.9. The maximum atomic E-state index is 13.6. The summed E-state index contributed by atoms with van der Waals surface area (Å²) in [5, 5.41) is 2.77. The van der Waals surface area contributed by atoms with Crippen molar-refractivity contribution in [2.24, 2.45) is 0 Å². The third-order valence-electron chi connectivity index (χ3n) is 2.73. The van der Waals surface area contributed by atoms with Gasteiger partial charge in [-0.1, -0.05) is 22.0 Å². The molecule has 1 N–H and O–H groups in total. The van der Waals surface area contributed by atoms with Crippen LogP contribution in [0.25, 0.3) is 0 Å². The Morgan fingerprint density at radius 2 is 1.90 bits per heavy atom. The number of nitrogens with one attached hydrogen (secondary N) is 1. The number of hydrogen-bond donors (Lipinski definition) is 1. The number of carbonyl (C=O) groups is 1. The van der Waals surface area contributed by atoms with Crippen LogP contribution in [-0.4, -0.2) is 5.78 Å². The minimum atomic E-state index is -0.342. The number of halogens is 2. The molecule has 0 fully saturated rings. The van der Waals surface area contributed by atoms with E-state index in [4.69, 9.17) is 0 Å². The maximum absolute atomic E-state index is 13.6. The fraction of sp³-hybridized carbons (Fsp3) is 0.0625. The first-order chi connectivity index (χ1) is 9.56. The van der Waals surface area contributed by atoms with Gasteiger partial charge in [-0.2, -0.15) is 0 Å². The van der Waals surface area contributed by atoms with E-state index in [1.54, 1.807) is 36.4 Å². The Labute approximate surface area is 125 Å². The summed E-state index contributed by atoms with van der Waals surface area (Å²) in [5.74, 6) is -0.483.